The molecule has 1 unspecified atom stereocenters. The van der Waals surface area contributed by atoms with E-state index in [0.29, 0.717) is 5.57 Å². The standard InChI is InChI=1S/C15H14O/c1-3-11(2)15(16)14-10-6-8-12-7-4-5-9-13(12)14/h3-10,15-16H,1-2H2. The molecule has 1 nitrogen and oxygen atoms in total. The summed E-state index contributed by atoms with van der Waals surface area (Å²) in [6.07, 6.45) is 0.912. The highest BCUT2D eigenvalue weighted by Crippen LogP contribution is 2.28. The van der Waals surface area contributed by atoms with Crippen molar-refractivity contribution in [2.24, 2.45) is 0 Å². The predicted molar refractivity (Wildman–Crippen MR) is 68.2 cm³/mol. The lowest BCUT2D eigenvalue weighted by Gasteiger charge is -2.13. The second kappa shape index (κ2) is 4.33. The van der Waals surface area contributed by atoms with Crippen molar-refractivity contribution in [1.82, 2.24) is 0 Å². The Kier molecular flexibility index (Phi) is 2.88. The van der Waals surface area contributed by atoms with Crippen molar-refractivity contribution in [1.29, 1.82) is 0 Å². The maximum atomic E-state index is 10.1. The second-order valence-electron chi connectivity index (χ2n) is 3.75. The van der Waals surface area contributed by atoms with Gasteiger partial charge in [-0.1, -0.05) is 61.7 Å². The normalized spacial score (nSPS) is 12.3. The van der Waals surface area contributed by atoms with Gasteiger partial charge in [0.05, 0.1) is 0 Å². The maximum Gasteiger partial charge on any atom is 0.104 e. The van der Waals surface area contributed by atoms with Crippen LogP contribution >= 0.6 is 0 Å². The zero-order valence-corrected chi connectivity index (χ0v) is 9.06. The number of benzene rings is 2. The van der Waals surface area contributed by atoms with Gasteiger partial charge < -0.3 is 5.11 Å². The number of hydrogen-bond donors (Lipinski definition) is 1. The molecule has 0 aliphatic rings. The van der Waals surface area contributed by atoms with E-state index in [1.165, 1.54) is 0 Å². The van der Waals surface area contributed by atoms with Crippen LogP contribution in [0.25, 0.3) is 10.8 Å². The van der Waals surface area contributed by atoms with Crippen molar-refractivity contribution >= 4 is 10.8 Å². The lowest BCUT2D eigenvalue weighted by molar-refractivity contribution is 0.222. The van der Waals surface area contributed by atoms with Gasteiger partial charge in [0.1, 0.15) is 6.10 Å². The van der Waals surface area contributed by atoms with Crippen molar-refractivity contribution < 1.29 is 5.11 Å². The highest BCUT2D eigenvalue weighted by molar-refractivity contribution is 5.86. The molecule has 0 radical (unpaired) electrons. The lowest BCUT2D eigenvalue weighted by atomic mass is 9.96. The van der Waals surface area contributed by atoms with Crippen molar-refractivity contribution in [2.75, 3.05) is 0 Å². The molecule has 80 valence electrons. The average Bonchev–Trinajstić information content (AvgIpc) is 2.36. The quantitative estimate of drug-likeness (QED) is 0.767. The molecule has 0 fully saturated rings. The summed E-state index contributed by atoms with van der Waals surface area (Å²) in [5.74, 6) is 0. The largest absolute Gasteiger partial charge is 0.384 e. The van der Waals surface area contributed by atoms with Gasteiger partial charge in [0, 0.05) is 0 Å². The molecule has 0 spiro atoms. The first-order chi connectivity index (χ1) is 7.74. The summed E-state index contributed by atoms with van der Waals surface area (Å²) in [6.45, 7) is 7.42. The van der Waals surface area contributed by atoms with E-state index < -0.39 is 6.10 Å². The molecular weight excluding hydrogens is 196 g/mol. The molecule has 2 aromatic rings. The first-order valence-electron chi connectivity index (χ1n) is 5.21. The highest BCUT2D eigenvalue weighted by Gasteiger charge is 2.11. The van der Waals surface area contributed by atoms with Crippen LogP contribution in [0.5, 0.6) is 0 Å². The molecule has 0 saturated carbocycles. The number of aliphatic hydroxyl groups is 1. The average molecular weight is 210 g/mol. The maximum absolute atomic E-state index is 10.1. The van der Waals surface area contributed by atoms with E-state index in [-0.39, 0.29) is 0 Å². The third kappa shape index (κ3) is 1.77. The molecule has 1 atom stereocenters. The topological polar surface area (TPSA) is 20.2 Å². The zero-order chi connectivity index (χ0) is 11.5. The zero-order valence-electron chi connectivity index (χ0n) is 9.06. The summed E-state index contributed by atoms with van der Waals surface area (Å²) in [6, 6.07) is 13.9. The van der Waals surface area contributed by atoms with E-state index >= 15 is 0 Å². The summed E-state index contributed by atoms with van der Waals surface area (Å²) in [7, 11) is 0. The minimum atomic E-state index is -0.677. The van der Waals surface area contributed by atoms with Gasteiger partial charge in [0.15, 0.2) is 0 Å². The summed E-state index contributed by atoms with van der Waals surface area (Å²) in [4.78, 5) is 0. The molecular formula is C15H14O. The monoisotopic (exact) mass is 210 g/mol. The molecule has 0 amide bonds. The van der Waals surface area contributed by atoms with Gasteiger partial charge in [0.25, 0.3) is 0 Å². The van der Waals surface area contributed by atoms with E-state index in [1.54, 1.807) is 6.08 Å². The minimum Gasteiger partial charge on any atom is -0.384 e. The van der Waals surface area contributed by atoms with E-state index in [0.717, 1.165) is 16.3 Å². The van der Waals surface area contributed by atoms with Crippen molar-refractivity contribution in [2.45, 2.75) is 6.10 Å². The Bertz CT molecular complexity index is 535. The molecule has 1 heteroatoms. The number of fused-ring (bicyclic) bond motifs is 1. The minimum absolute atomic E-state index is 0.622. The van der Waals surface area contributed by atoms with E-state index in [4.69, 9.17) is 0 Å². The van der Waals surface area contributed by atoms with Gasteiger partial charge >= 0.3 is 0 Å². The summed E-state index contributed by atoms with van der Waals surface area (Å²) >= 11 is 0. The van der Waals surface area contributed by atoms with Gasteiger partial charge in [-0.25, -0.2) is 0 Å². The van der Waals surface area contributed by atoms with Crippen LogP contribution in [0.4, 0.5) is 0 Å². The van der Waals surface area contributed by atoms with Crippen LogP contribution in [-0.4, -0.2) is 5.11 Å². The SMILES string of the molecule is C=CC(=C)C(O)c1cccc2ccccc12. The van der Waals surface area contributed by atoms with Gasteiger partial charge in [0.2, 0.25) is 0 Å². The van der Waals surface area contributed by atoms with Gasteiger partial charge in [-0.15, -0.1) is 0 Å². The van der Waals surface area contributed by atoms with Crippen LogP contribution in [0.1, 0.15) is 11.7 Å². The number of rotatable bonds is 3. The van der Waals surface area contributed by atoms with Gasteiger partial charge in [-0.3, -0.25) is 0 Å². The van der Waals surface area contributed by atoms with Crippen LogP contribution in [-0.2, 0) is 0 Å². The molecule has 16 heavy (non-hydrogen) atoms. The molecule has 0 saturated heterocycles. The van der Waals surface area contributed by atoms with E-state index in [9.17, 15) is 5.11 Å². The molecule has 0 heterocycles. The highest BCUT2D eigenvalue weighted by atomic mass is 16.3. The Morgan fingerprint density at radius 3 is 2.56 bits per heavy atom. The Balaban J connectivity index is 2.60. The molecule has 0 aliphatic carbocycles. The fraction of sp³-hybridized carbons (Fsp3) is 0.0667. The Hall–Kier alpha value is -1.86. The van der Waals surface area contributed by atoms with Crippen molar-refractivity contribution in [3.63, 3.8) is 0 Å². The van der Waals surface area contributed by atoms with E-state index in [1.807, 2.05) is 42.5 Å². The number of aliphatic hydroxyl groups excluding tert-OH is 1. The van der Waals surface area contributed by atoms with Crippen LogP contribution in [0, 0.1) is 0 Å². The fourth-order valence-corrected chi connectivity index (χ4v) is 1.80. The number of hydrogen-bond acceptors (Lipinski definition) is 1. The Morgan fingerprint density at radius 1 is 1.12 bits per heavy atom. The van der Waals surface area contributed by atoms with E-state index in [2.05, 4.69) is 13.2 Å². The Morgan fingerprint density at radius 2 is 1.81 bits per heavy atom. The smallest absolute Gasteiger partial charge is 0.104 e. The van der Waals surface area contributed by atoms with Crippen LogP contribution in [0.2, 0.25) is 0 Å². The molecule has 2 aromatic carbocycles. The lowest BCUT2D eigenvalue weighted by Crippen LogP contribution is -1.99. The summed E-state index contributed by atoms with van der Waals surface area (Å²) < 4.78 is 0. The molecule has 0 bridgehead atoms. The molecule has 1 N–H and O–H groups in total. The summed E-state index contributed by atoms with van der Waals surface area (Å²) in [5, 5.41) is 12.3. The van der Waals surface area contributed by atoms with Crippen LogP contribution < -0.4 is 0 Å². The van der Waals surface area contributed by atoms with Gasteiger partial charge in [-0.05, 0) is 21.9 Å². The Labute approximate surface area is 95.4 Å². The van der Waals surface area contributed by atoms with Crippen LogP contribution in [0.15, 0.2) is 67.3 Å². The third-order valence-electron chi connectivity index (χ3n) is 2.73. The molecule has 0 aromatic heterocycles. The fourth-order valence-electron chi connectivity index (χ4n) is 1.80. The first kappa shape index (κ1) is 10.7. The summed E-state index contributed by atoms with van der Waals surface area (Å²) in [5.41, 5.74) is 1.50. The van der Waals surface area contributed by atoms with Gasteiger partial charge in [-0.2, -0.15) is 0 Å². The van der Waals surface area contributed by atoms with Crippen molar-refractivity contribution in [3.05, 3.63) is 72.8 Å². The molecule has 0 aliphatic heterocycles. The van der Waals surface area contributed by atoms with Crippen LogP contribution in [0.3, 0.4) is 0 Å². The second-order valence-corrected chi connectivity index (χ2v) is 3.75. The van der Waals surface area contributed by atoms with Crippen molar-refractivity contribution in [3.8, 4) is 0 Å². The third-order valence-corrected chi connectivity index (χ3v) is 2.73. The molecule has 2 rings (SSSR count). The first-order valence-corrected chi connectivity index (χ1v) is 5.21. The predicted octanol–water partition coefficient (Wildman–Crippen LogP) is 3.62.